The predicted octanol–water partition coefficient (Wildman–Crippen LogP) is 4.49. The van der Waals surface area contributed by atoms with E-state index in [1.807, 2.05) is 6.07 Å². The molecular formula is C21H22F3N5O. The zero-order valence-corrected chi connectivity index (χ0v) is 16.5. The third-order valence-corrected chi connectivity index (χ3v) is 4.81. The monoisotopic (exact) mass is 417 g/mol. The van der Waals surface area contributed by atoms with Crippen LogP contribution in [0.1, 0.15) is 36.6 Å². The number of hydrogen-bond donors (Lipinski definition) is 2. The van der Waals surface area contributed by atoms with E-state index in [1.165, 1.54) is 12.3 Å². The maximum absolute atomic E-state index is 13.7. The van der Waals surface area contributed by atoms with Gasteiger partial charge in [0.15, 0.2) is 5.69 Å². The number of nitrogens with one attached hydrogen (secondary N) is 2. The summed E-state index contributed by atoms with van der Waals surface area (Å²) in [5.74, 6) is 0.151. The minimum Gasteiger partial charge on any atom is -0.384 e. The molecule has 1 fully saturated rings. The lowest BCUT2D eigenvalue weighted by Crippen LogP contribution is -2.28. The highest BCUT2D eigenvalue weighted by Crippen LogP contribution is 2.34. The topological polar surface area (TPSA) is 82.9 Å². The summed E-state index contributed by atoms with van der Waals surface area (Å²) in [6, 6.07) is 8.33. The van der Waals surface area contributed by atoms with Crippen LogP contribution in [0.4, 0.5) is 24.8 Å². The Labute approximate surface area is 172 Å². The summed E-state index contributed by atoms with van der Waals surface area (Å²) in [5, 5.41) is 14.8. The van der Waals surface area contributed by atoms with Gasteiger partial charge in [-0.3, -0.25) is 0 Å². The van der Waals surface area contributed by atoms with Crippen molar-refractivity contribution in [2.75, 3.05) is 25.1 Å². The Morgan fingerprint density at radius 3 is 2.77 bits per heavy atom. The van der Waals surface area contributed by atoms with Crippen LogP contribution < -0.4 is 10.6 Å². The van der Waals surface area contributed by atoms with Gasteiger partial charge in [0, 0.05) is 42.9 Å². The number of nitriles is 1. The zero-order chi connectivity index (χ0) is 21.6. The molecule has 1 aliphatic rings. The highest BCUT2D eigenvalue weighted by atomic mass is 19.4. The maximum Gasteiger partial charge on any atom is 0.434 e. The molecule has 0 amide bonds. The van der Waals surface area contributed by atoms with Crippen molar-refractivity contribution in [2.45, 2.75) is 25.9 Å². The van der Waals surface area contributed by atoms with E-state index in [0.717, 1.165) is 12.8 Å². The molecule has 6 nitrogen and oxygen atoms in total. The average molecular weight is 417 g/mol. The molecule has 0 atom stereocenters. The number of anilines is 2. The molecule has 0 saturated carbocycles. The van der Waals surface area contributed by atoms with Gasteiger partial charge in [-0.1, -0.05) is 12.1 Å². The lowest BCUT2D eigenvalue weighted by Gasteiger charge is -2.24. The van der Waals surface area contributed by atoms with Gasteiger partial charge in [-0.15, -0.1) is 0 Å². The number of rotatable bonds is 6. The lowest BCUT2D eigenvalue weighted by molar-refractivity contribution is -0.141. The van der Waals surface area contributed by atoms with Crippen LogP contribution in [0.15, 0.2) is 36.5 Å². The van der Waals surface area contributed by atoms with Gasteiger partial charge in [0.05, 0.1) is 11.6 Å². The molecule has 1 aromatic heterocycles. The van der Waals surface area contributed by atoms with Gasteiger partial charge in [0.2, 0.25) is 5.95 Å². The van der Waals surface area contributed by atoms with Crippen molar-refractivity contribution >= 4 is 17.3 Å². The summed E-state index contributed by atoms with van der Waals surface area (Å²) in [6.07, 6.45) is -0.151. The molecule has 0 spiro atoms. The Balaban J connectivity index is 1.83. The van der Waals surface area contributed by atoms with Crippen LogP contribution in [-0.2, 0) is 10.9 Å². The van der Waals surface area contributed by atoms with Crippen LogP contribution in [-0.4, -0.2) is 29.7 Å². The molecule has 2 N–H and O–H groups in total. The van der Waals surface area contributed by atoms with E-state index in [2.05, 4.69) is 20.6 Å². The van der Waals surface area contributed by atoms with Gasteiger partial charge in [-0.05, 0) is 43.9 Å². The number of allylic oxidation sites excluding steroid dienone is 1. The smallest absolute Gasteiger partial charge is 0.384 e. The van der Waals surface area contributed by atoms with Crippen molar-refractivity contribution in [2.24, 2.45) is 5.92 Å². The van der Waals surface area contributed by atoms with Crippen LogP contribution in [0.5, 0.6) is 0 Å². The molecule has 2 heterocycles. The minimum atomic E-state index is -4.65. The van der Waals surface area contributed by atoms with E-state index < -0.39 is 11.9 Å². The molecule has 2 aromatic rings. The second-order valence-corrected chi connectivity index (χ2v) is 6.91. The van der Waals surface area contributed by atoms with E-state index in [4.69, 9.17) is 10.00 Å². The first-order valence-electron chi connectivity index (χ1n) is 9.60. The third kappa shape index (κ3) is 5.48. The second-order valence-electron chi connectivity index (χ2n) is 6.91. The summed E-state index contributed by atoms with van der Waals surface area (Å²) >= 11 is 0. The first-order chi connectivity index (χ1) is 14.4. The number of nitrogens with zero attached hydrogens (tertiary/aromatic N) is 3. The summed E-state index contributed by atoms with van der Waals surface area (Å²) < 4.78 is 46.6. The van der Waals surface area contributed by atoms with Crippen LogP contribution in [0.2, 0.25) is 0 Å². The number of benzene rings is 1. The van der Waals surface area contributed by atoms with E-state index in [1.54, 1.807) is 31.2 Å². The highest BCUT2D eigenvalue weighted by molar-refractivity contribution is 5.66. The Morgan fingerprint density at radius 2 is 2.10 bits per heavy atom. The molecule has 0 aliphatic carbocycles. The van der Waals surface area contributed by atoms with Gasteiger partial charge in [-0.2, -0.15) is 18.4 Å². The Kier molecular flexibility index (Phi) is 6.90. The van der Waals surface area contributed by atoms with E-state index >= 15 is 0 Å². The van der Waals surface area contributed by atoms with Gasteiger partial charge in [-0.25, -0.2) is 9.97 Å². The number of aromatic nitrogens is 2. The predicted molar refractivity (Wildman–Crippen MR) is 107 cm³/mol. The first-order valence-corrected chi connectivity index (χ1v) is 9.60. The van der Waals surface area contributed by atoms with Gasteiger partial charge in [0.25, 0.3) is 0 Å². The van der Waals surface area contributed by atoms with Crippen LogP contribution in [0, 0.1) is 17.2 Å². The van der Waals surface area contributed by atoms with Crippen molar-refractivity contribution in [3.63, 3.8) is 0 Å². The quantitative estimate of drug-likeness (QED) is 0.721. The van der Waals surface area contributed by atoms with Crippen molar-refractivity contribution in [3.05, 3.63) is 53.4 Å². The van der Waals surface area contributed by atoms with Crippen molar-refractivity contribution in [1.82, 2.24) is 15.3 Å². The standard InChI is InChI=1S/C21H22F3N5O/c1-2-18(26-12-14-6-8-30-9-7-14)17-13-27-20(29-19(17)21(22,23)24)28-16-5-3-4-15(10-16)11-25/h2-5,10,13-14,26H,6-9,12H2,1H3,(H,27,28,29)/b18-2+. The Bertz CT molecular complexity index is 946. The number of hydrogen-bond acceptors (Lipinski definition) is 6. The number of halogens is 3. The maximum atomic E-state index is 13.7. The third-order valence-electron chi connectivity index (χ3n) is 4.81. The zero-order valence-electron chi connectivity index (χ0n) is 16.5. The Morgan fingerprint density at radius 1 is 1.33 bits per heavy atom. The molecule has 9 heteroatoms. The summed E-state index contributed by atoms with van der Waals surface area (Å²) in [7, 11) is 0. The fraction of sp³-hybridized carbons (Fsp3) is 0.381. The largest absolute Gasteiger partial charge is 0.434 e. The molecule has 1 aliphatic heterocycles. The van der Waals surface area contributed by atoms with Crippen molar-refractivity contribution in [1.29, 1.82) is 5.26 Å². The van der Waals surface area contributed by atoms with Gasteiger partial charge < -0.3 is 15.4 Å². The fourth-order valence-corrected chi connectivity index (χ4v) is 3.21. The van der Waals surface area contributed by atoms with Crippen LogP contribution in [0.25, 0.3) is 5.70 Å². The number of ether oxygens (including phenoxy) is 1. The molecule has 30 heavy (non-hydrogen) atoms. The molecular weight excluding hydrogens is 395 g/mol. The Hall–Kier alpha value is -3.12. The molecule has 0 bridgehead atoms. The van der Waals surface area contributed by atoms with E-state index in [0.29, 0.717) is 42.6 Å². The molecule has 158 valence electrons. The summed E-state index contributed by atoms with van der Waals surface area (Å²) in [4.78, 5) is 7.79. The van der Waals surface area contributed by atoms with Gasteiger partial charge >= 0.3 is 6.18 Å². The van der Waals surface area contributed by atoms with Crippen LogP contribution in [0.3, 0.4) is 0 Å². The molecule has 0 unspecified atom stereocenters. The summed E-state index contributed by atoms with van der Waals surface area (Å²) in [5.41, 5.74) is 0.0178. The molecule has 0 radical (unpaired) electrons. The minimum absolute atomic E-state index is 0.103. The highest BCUT2D eigenvalue weighted by Gasteiger charge is 2.37. The van der Waals surface area contributed by atoms with Gasteiger partial charge in [0.1, 0.15) is 0 Å². The van der Waals surface area contributed by atoms with Crippen LogP contribution >= 0.6 is 0 Å². The normalized spacial score (nSPS) is 15.5. The summed E-state index contributed by atoms with van der Waals surface area (Å²) in [6.45, 7) is 3.57. The van der Waals surface area contributed by atoms with E-state index in [-0.39, 0.29) is 11.5 Å². The van der Waals surface area contributed by atoms with Crippen molar-refractivity contribution < 1.29 is 17.9 Å². The SMILES string of the molecule is C/C=C(/NCC1CCOCC1)c1cnc(Nc2cccc(C#N)c2)nc1C(F)(F)F. The first kappa shape index (κ1) is 21.6. The van der Waals surface area contributed by atoms with E-state index in [9.17, 15) is 13.2 Å². The number of alkyl halides is 3. The lowest BCUT2D eigenvalue weighted by atomic mass is 10.00. The average Bonchev–Trinajstić information content (AvgIpc) is 2.75. The second kappa shape index (κ2) is 9.59. The van der Waals surface area contributed by atoms with Crippen molar-refractivity contribution in [3.8, 4) is 6.07 Å². The molecule has 3 rings (SSSR count). The molecule has 1 aromatic carbocycles. The molecule has 1 saturated heterocycles. The fourth-order valence-electron chi connectivity index (χ4n) is 3.21.